The van der Waals surface area contributed by atoms with Crippen molar-refractivity contribution in [3.8, 4) is 11.5 Å². The second kappa shape index (κ2) is 10.3. The van der Waals surface area contributed by atoms with Gasteiger partial charge in [0.05, 0.1) is 18.9 Å². The third-order valence-corrected chi connectivity index (χ3v) is 5.45. The van der Waals surface area contributed by atoms with Gasteiger partial charge in [-0.2, -0.15) is 0 Å². The van der Waals surface area contributed by atoms with Crippen LogP contribution in [0.3, 0.4) is 0 Å². The maximum absolute atomic E-state index is 12.7. The highest BCUT2D eigenvalue weighted by Gasteiger charge is 2.24. The number of nitrogens with one attached hydrogen (secondary N) is 1. The summed E-state index contributed by atoms with van der Waals surface area (Å²) in [6.45, 7) is 2.57. The number of carbonyl (C=O) groups excluding carboxylic acids is 1. The smallest absolute Gasteiger partial charge is 0.251 e. The average molecular weight is 398 g/mol. The molecule has 1 amide bonds. The molecule has 156 valence electrons. The van der Waals surface area contributed by atoms with Crippen LogP contribution < -0.4 is 20.5 Å². The predicted molar refractivity (Wildman–Crippen MR) is 113 cm³/mol. The van der Waals surface area contributed by atoms with Gasteiger partial charge in [0.15, 0.2) is 0 Å². The van der Waals surface area contributed by atoms with Crippen LogP contribution in [-0.2, 0) is 6.42 Å². The van der Waals surface area contributed by atoms with E-state index in [1.54, 1.807) is 13.3 Å². The van der Waals surface area contributed by atoms with Crippen LogP contribution in [0.25, 0.3) is 0 Å². The number of pyridine rings is 1. The molecular weight excluding hydrogens is 366 g/mol. The maximum Gasteiger partial charge on any atom is 0.251 e. The monoisotopic (exact) mass is 397 g/mol. The lowest BCUT2D eigenvalue weighted by molar-refractivity contribution is 0.0893. The summed E-state index contributed by atoms with van der Waals surface area (Å²) in [6.07, 6.45) is 7.27. The number of aryl methyl sites for hydroxylation is 2. The molecule has 1 aromatic carbocycles. The number of nitrogens with zero attached hydrogens (tertiary/aromatic N) is 1. The van der Waals surface area contributed by atoms with Gasteiger partial charge in [-0.25, -0.2) is 0 Å². The Hall–Kier alpha value is -2.60. The Labute approximate surface area is 172 Å². The Morgan fingerprint density at radius 3 is 2.69 bits per heavy atom. The summed E-state index contributed by atoms with van der Waals surface area (Å²) in [5.74, 6) is 1.62. The minimum absolute atomic E-state index is 0.0332. The lowest BCUT2D eigenvalue weighted by atomic mass is 9.92. The molecule has 1 aliphatic rings. The average Bonchev–Trinajstić information content (AvgIpc) is 2.75. The molecule has 0 spiro atoms. The first-order valence-electron chi connectivity index (χ1n) is 10.4. The third-order valence-electron chi connectivity index (χ3n) is 5.45. The molecule has 3 rings (SSSR count). The Kier molecular flexibility index (Phi) is 7.47. The molecule has 0 saturated heterocycles. The number of amides is 1. The first-order chi connectivity index (χ1) is 14.1. The van der Waals surface area contributed by atoms with E-state index in [2.05, 4.69) is 10.3 Å². The van der Waals surface area contributed by atoms with E-state index in [0.29, 0.717) is 12.1 Å². The number of hydrogen-bond donors (Lipinski definition) is 2. The fraction of sp³-hybridized carbons (Fsp3) is 0.478. The summed E-state index contributed by atoms with van der Waals surface area (Å²) in [7, 11) is 1.65. The van der Waals surface area contributed by atoms with Gasteiger partial charge < -0.3 is 20.5 Å². The van der Waals surface area contributed by atoms with Crippen LogP contribution in [0.2, 0.25) is 0 Å². The van der Waals surface area contributed by atoms with E-state index >= 15 is 0 Å². The fourth-order valence-electron chi connectivity index (χ4n) is 3.78. The topological polar surface area (TPSA) is 86.5 Å². The highest BCUT2D eigenvalue weighted by Crippen LogP contribution is 2.26. The number of benzene rings is 1. The Morgan fingerprint density at radius 1 is 1.21 bits per heavy atom. The van der Waals surface area contributed by atoms with Crippen molar-refractivity contribution in [2.24, 2.45) is 5.73 Å². The molecule has 3 N–H and O–H groups in total. The minimum atomic E-state index is -0.0332. The molecule has 0 unspecified atom stereocenters. The molecule has 1 aliphatic carbocycles. The number of rotatable bonds is 8. The molecule has 1 saturated carbocycles. The Balaban J connectivity index is 1.53. The molecule has 0 aliphatic heterocycles. The summed E-state index contributed by atoms with van der Waals surface area (Å²) >= 11 is 0. The Morgan fingerprint density at radius 2 is 2.00 bits per heavy atom. The van der Waals surface area contributed by atoms with Crippen LogP contribution in [0.1, 0.15) is 53.7 Å². The van der Waals surface area contributed by atoms with E-state index in [0.717, 1.165) is 61.3 Å². The second-order valence-corrected chi connectivity index (χ2v) is 7.57. The van der Waals surface area contributed by atoms with Crippen molar-refractivity contribution in [3.63, 3.8) is 0 Å². The molecule has 2 aromatic rings. The van der Waals surface area contributed by atoms with E-state index in [9.17, 15) is 4.79 Å². The number of hydrogen-bond acceptors (Lipinski definition) is 5. The number of aromatic nitrogens is 1. The molecule has 29 heavy (non-hydrogen) atoms. The van der Waals surface area contributed by atoms with Gasteiger partial charge in [-0.3, -0.25) is 9.78 Å². The second-order valence-electron chi connectivity index (χ2n) is 7.57. The summed E-state index contributed by atoms with van der Waals surface area (Å²) in [5.41, 5.74) is 8.23. The number of nitrogens with two attached hydrogens (primary N) is 1. The van der Waals surface area contributed by atoms with Crippen LogP contribution in [0.5, 0.6) is 11.5 Å². The SMILES string of the molecule is COc1ccc(C(=O)NC2CCC(Oc3cccnc3C)CC2)cc1CCCN. The molecule has 0 radical (unpaired) electrons. The van der Waals surface area contributed by atoms with Gasteiger partial charge in [0.2, 0.25) is 0 Å². The first-order valence-corrected chi connectivity index (χ1v) is 10.4. The molecule has 1 heterocycles. The maximum atomic E-state index is 12.7. The molecular formula is C23H31N3O3. The van der Waals surface area contributed by atoms with Crippen LogP contribution >= 0.6 is 0 Å². The molecule has 1 fully saturated rings. The van der Waals surface area contributed by atoms with E-state index in [4.69, 9.17) is 15.2 Å². The van der Waals surface area contributed by atoms with E-state index in [1.807, 2.05) is 37.3 Å². The highest BCUT2D eigenvalue weighted by molar-refractivity contribution is 5.94. The van der Waals surface area contributed by atoms with Crippen LogP contribution in [0.4, 0.5) is 0 Å². The summed E-state index contributed by atoms with van der Waals surface area (Å²) in [4.78, 5) is 17.0. The molecule has 6 heteroatoms. The van der Waals surface area contributed by atoms with E-state index in [-0.39, 0.29) is 18.1 Å². The van der Waals surface area contributed by atoms with Crippen LogP contribution in [0.15, 0.2) is 36.5 Å². The lowest BCUT2D eigenvalue weighted by Crippen LogP contribution is -2.39. The highest BCUT2D eigenvalue weighted by atomic mass is 16.5. The lowest BCUT2D eigenvalue weighted by Gasteiger charge is -2.29. The van der Waals surface area contributed by atoms with E-state index < -0.39 is 0 Å². The van der Waals surface area contributed by atoms with Crippen molar-refractivity contribution in [2.45, 2.75) is 57.6 Å². The number of ether oxygens (including phenoxy) is 2. The van der Waals surface area contributed by atoms with Gasteiger partial charge in [-0.1, -0.05) is 0 Å². The first kappa shape index (κ1) is 21.1. The summed E-state index contributed by atoms with van der Waals surface area (Å²) in [6, 6.07) is 9.63. The van der Waals surface area contributed by atoms with Crippen molar-refractivity contribution in [3.05, 3.63) is 53.3 Å². The predicted octanol–water partition coefficient (Wildman–Crippen LogP) is 3.41. The van der Waals surface area contributed by atoms with Gasteiger partial charge in [0.25, 0.3) is 5.91 Å². The zero-order valence-corrected chi connectivity index (χ0v) is 17.3. The van der Waals surface area contributed by atoms with Crippen LogP contribution in [0, 0.1) is 6.92 Å². The third kappa shape index (κ3) is 5.70. The van der Waals surface area contributed by atoms with Crippen molar-refractivity contribution >= 4 is 5.91 Å². The molecule has 1 aromatic heterocycles. The zero-order valence-electron chi connectivity index (χ0n) is 17.3. The summed E-state index contributed by atoms with van der Waals surface area (Å²) in [5, 5.41) is 3.18. The van der Waals surface area contributed by atoms with Gasteiger partial charge in [-0.05, 0) is 87.9 Å². The van der Waals surface area contributed by atoms with Crippen molar-refractivity contribution in [1.29, 1.82) is 0 Å². The zero-order chi connectivity index (χ0) is 20.6. The largest absolute Gasteiger partial charge is 0.496 e. The Bertz CT molecular complexity index is 817. The van der Waals surface area contributed by atoms with Crippen molar-refractivity contribution < 1.29 is 14.3 Å². The standard InChI is InChI=1S/C23H31N3O3/c1-16-21(6-4-14-25-16)29-20-10-8-19(9-11-20)26-23(27)18-7-12-22(28-2)17(15-18)5-3-13-24/h4,6-7,12,14-15,19-20H,3,5,8-11,13,24H2,1-2H3,(H,26,27). The van der Waals surface area contributed by atoms with E-state index in [1.165, 1.54) is 0 Å². The van der Waals surface area contributed by atoms with Crippen molar-refractivity contribution in [1.82, 2.24) is 10.3 Å². The minimum Gasteiger partial charge on any atom is -0.496 e. The van der Waals surface area contributed by atoms with Gasteiger partial charge in [0.1, 0.15) is 11.5 Å². The molecule has 6 nitrogen and oxygen atoms in total. The van der Waals surface area contributed by atoms with Gasteiger partial charge in [-0.15, -0.1) is 0 Å². The summed E-state index contributed by atoms with van der Waals surface area (Å²) < 4.78 is 11.5. The molecule has 0 atom stereocenters. The van der Waals surface area contributed by atoms with Crippen LogP contribution in [-0.4, -0.2) is 36.7 Å². The fourth-order valence-corrected chi connectivity index (χ4v) is 3.78. The quantitative estimate of drug-likeness (QED) is 0.713. The van der Waals surface area contributed by atoms with Gasteiger partial charge >= 0.3 is 0 Å². The normalized spacial score (nSPS) is 18.9. The van der Waals surface area contributed by atoms with Crippen molar-refractivity contribution in [2.75, 3.05) is 13.7 Å². The van der Waals surface area contributed by atoms with Gasteiger partial charge in [0, 0.05) is 17.8 Å². The number of methoxy groups -OCH3 is 1. The number of carbonyl (C=O) groups is 1. The molecule has 0 bridgehead atoms.